The number of nitrogens with zero attached hydrogens (tertiary/aromatic N) is 2. The fourth-order valence-corrected chi connectivity index (χ4v) is 8.26. The van der Waals surface area contributed by atoms with E-state index in [2.05, 4.69) is 199 Å². The summed E-state index contributed by atoms with van der Waals surface area (Å²) in [6.45, 7) is 0. The maximum atomic E-state index is 10.2. The number of hydrogen-bond acceptors (Lipinski definition) is 1. The van der Waals surface area contributed by atoms with E-state index in [1.807, 2.05) is 6.07 Å². The maximum Gasteiger partial charge on any atom is 0.0998 e. The minimum Gasteiger partial charge on any atom is -0.309 e. The Morgan fingerprint density at radius 2 is 0.792 bits per heavy atom. The van der Waals surface area contributed by atoms with Gasteiger partial charge in [0.1, 0.15) is 0 Å². The van der Waals surface area contributed by atoms with Crippen LogP contribution in [0.4, 0.5) is 0 Å². The van der Waals surface area contributed by atoms with Gasteiger partial charge in [-0.3, -0.25) is 0 Å². The Morgan fingerprint density at radius 3 is 1.36 bits per heavy atom. The molecular formula is C51H32N2. The highest BCUT2D eigenvalue weighted by atomic mass is 15.0. The van der Waals surface area contributed by atoms with Crippen molar-refractivity contribution in [2.45, 2.75) is 0 Å². The van der Waals surface area contributed by atoms with Gasteiger partial charge in [0, 0.05) is 22.0 Å². The first-order chi connectivity index (χ1) is 26.3. The molecule has 1 heterocycles. The van der Waals surface area contributed by atoms with Crippen molar-refractivity contribution >= 4 is 43.4 Å². The average Bonchev–Trinajstić information content (AvgIpc) is 3.57. The van der Waals surface area contributed by atoms with Crippen LogP contribution in [0.15, 0.2) is 194 Å². The third-order valence-corrected chi connectivity index (χ3v) is 10.6. The smallest absolute Gasteiger partial charge is 0.0998 e. The standard InChI is InChI=1S/C51H32N2/c52-33-39-29-30-40(53-48-23-10-8-17-41(48)42-18-9-11-24-49(42)53)32-47(39)38-16-12-15-37(31-38)34-25-27-36(28-26-34)51-45-21-6-4-19-43(45)50(35-13-2-1-3-14-35)44-20-5-7-22-46(44)51/h1-32H. The summed E-state index contributed by atoms with van der Waals surface area (Å²) in [7, 11) is 0. The van der Waals surface area contributed by atoms with Crippen LogP contribution < -0.4 is 0 Å². The average molecular weight is 673 g/mol. The van der Waals surface area contributed by atoms with Crippen LogP contribution in [0.25, 0.3) is 93.5 Å². The summed E-state index contributed by atoms with van der Waals surface area (Å²) in [5, 5.41) is 17.7. The fraction of sp³-hybridized carbons (Fsp3) is 0. The van der Waals surface area contributed by atoms with E-state index in [0.29, 0.717) is 5.56 Å². The van der Waals surface area contributed by atoms with Crippen molar-refractivity contribution in [1.29, 1.82) is 5.26 Å². The molecule has 0 aliphatic rings. The Balaban J connectivity index is 1.07. The number of aromatic nitrogens is 1. The number of hydrogen-bond donors (Lipinski definition) is 0. The lowest BCUT2D eigenvalue weighted by molar-refractivity contribution is 1.18. The molecule has 10 aromatic rings. The number of nitriles is 1. The van der Waals surface area contributed by atoms with E-state index in [4.69, 9.17) is 0 Å². The quantitative estimate of drug-likeness (QED) is 0.167. The number of fused-ring (bicyclic) bond motifs is 5. The van der Waals surface area contributed by atoms with Crippen molar-refractivity contribution in [1.82, 2.24) is 4.57 Å². The second-order valence-electron chi connectivity index (χ2n) is 13.6. The van der Waals surface area contributed by atoms with E-state index in [9.17, 15) is 5.26 Å². The highest BCUT2D eigenvalue weighted by Crippen LogP contribution is 2.44. The molecule has 0 bridgehead atoms. The van der Waals surface area contributed by atoms with Crippen LogP contribution >= 0.6 is 0 Å². The first-order valence-electron chi connectivity index (χ1n) is 18.0. The molecule has 0 aliphatic heterocycles. The zero-order valence-corrected chi connectivity index (χ0v) is 28.9. The Morgan fingerprint density at radius 1 is 0.340 bits per heavy atom. The molecule has 0 saturated carbocycles. The molecule has 2 nitrogen and oxygen atoms in total. The van der Waals surface area contributed by atoms with Crippen molar-refractivity contribution in [2.24, 2.45) is 0 Å². The third kappa shape index (κ3) is 5.02. The van der Waals surface area contributed by atoms with Crippen LogP contribution in [0.1, 0.15) is 5.56 Å². The van der Waals surface area contributed by atoms with Crippen molar-refractivity contribution in [3.8, 4) is 56.3 Å². The van der Waals surface area contributed by atoms with Crippen LogP contribution in [-0.4, -0.2) is 4.57 Å². The Labute approximate surface area is 308 Å². The van der Waals surface area contributed by atoms with Gasteiger partial charge in [0.05, 0.1) is 22.7 Å². The predicted octanol–water partition coefficient (Wildman–Crippen LogP) is 13.6. The first-order valence-corrected chi connectivity index (χ1v) is 18.0. The molecule has 53 heavy (non-hydrogen) atoms. The molecule has 0 saturated heterocycles. The third-order valence-electron chi connectivity index (χ3n) is 10.6. The number of para-hydroxylation sites is 2. The molecule has 1 aromatic heterocycles. The van der Waals surface area contributed by atoms with Gasteiger partial charge >= 0.3 is 0 Å². The number of rotatable bonds is 5. The van der Waals surface area contributed by atoms with E-state index in [1.54, 1.807) is 0 Å². The van der Waals surface area contributed by atoms with Gasteiger partial charge in [0.2, 0.25) is 0 Å². The second kappa shape index (κ2) is 12.5. The van der Waals surface area contributed by atoms with Gasteiger partial charge in [-0.05, 0) is 96.9 Å². The Kier molecular flexibility index (Phi) is 7.23. The van der Waals surface area contributed by atoms with Crippen molar-refractivity contribution in [3.05, 3.63) is 200 Å². The first kappa shape index (κ1) is 30.6. The van der Waals surface area contributed by atoms with Crippen LogP contribution in [0.5, 0.6) is 0 Å². The molecule has 0 spiro atoms. The number of benzene rings is 9. The van der Waals surface area contributed by atoms with Gasteiger partial charge in [0.25, 0.3) is 0 Å². The zero-order chi connectivity index (χ0) is 35.3. The van der Waals surface area contributed by atoms with Crippen LogP contribution in [0.3, 0.4) is 0 Å². The Bertz CT molecular complexity index is 2940. The summed E-state index contributed by atoms with van der Waals surface area (Å²) >= 11 is 0. The highest BCUT2D eigenvalue weighted by molar-refractivity contribution is 6.21. The largest absolute Gasteiger partial charge is 0.309 e. The maximum absolute atomic E-state index is 10.2. The molecule has 0 atom stereocenters. The predicted molar refractivity (Wildman–Crippen MR) is 222 cm³/mol. The molecule has 0 aliphatic carbocycles. The van der Waals surface area contributed by atoms with Gasteiger partial charge in [-0.15, -0.1) is 0 Å². The summed E-state index contributed by atoms with van der Waals surface area (Å²) in [6, 6.07) is 71.5. The van der Waals surface area contributed by atoms with Gasteiger partial charge in [0.15, 0.2) is 0 Å². The molecular weight excluding hydrogens is 641 g/mol. The summed E-state index contributed by atoms with van der Waals surface area (Å²) < 4.78 is 2.30. The highest BCUT2D eigenvalue weighted by Gasteiger charge is 2.17. The lowest BCUT2D eigenvalue weighted by Gasteiger charge is -2.18. The van der Waals surface area contributed by atoms with Gasteiger partial charge < -0.3 is 4.57 Å². The minimum atomic E-state index is 0.653. The van der Waals surface area contributed by atoms with E-state index >= 15 is 0 Å². The fourth-order valence-electron chi connectivity index (χ4n) is 8.26. The summed E-state index contributed by atoms with van der Waals surface area (Å²) in [5.41, 5.74) is 13.1. The molecule has 2 heteroatoms. The topological polar surface area (TPSA) is 28.7 Å². The van der Waals surface area contributed by atoms with E-state index in [1.165, 1.54) is 54.6 Å². The summed E-state index contributed by atoms with van der Waals surface area (Å²) in [5.74, 6) is 0. The molecule has 0 fully saturated rings. The van der Waals surface area contributed by atoms with Crippen LogP contribution in [-0.2, 0) is 0 Å². The van der Waals surface area contributed by atoms with Crippen LogP contribution in [0.2, 0.25) is 0 Å². The molecule has 0 amide bonds. The molecule has 0 unspecified atom stereocenters. The van der Waals surface area contributed by atoms with Crippen molar-refractivity contribution in [2.75, 3.05) is 0 Å². The molecule has 0 radical (unpaired) electrons. The van der Waals surface area contributed by atoms with E-state index in [-0.39, 0.29) is 0 Å². The van der Waals surface area contributed by atoms with Crippen LogP contribution in [0, 0.1) is 11.3 Å². The molecule has 9 aromatic carbocycles. The zero-order valence-electron chi connectivity index (χ0n) is 28.9. The van der Waals surface area contributed by atoms with Gasteiger partial charge in [-0.1, -0.05) is 158 Å². The lowest BCUT2D eigenvalue weighted by atomic mass is 9.85. The minimum absolute atomic E-state index is 0.653. The van der Waals surface area contributed by atoms with Gasteiger partial charge in [-0.2, -0.15) is 5.26 Å². The monoisotopic (exact) mass is 672 g/mol. The normalized spacial score (nSPS) is 11.4. The second-order valence-corrected chi connectivity index (χ2v) is 13.6. The van der Waals surface area contributed by atoms with Crippen molar-refractivity contribution < 1.29 is 0 Å². The Hall–Kier alpha value is -7.21. The van der Waals surface area contributed by atoms with E-state index in [0.717, 1.165) is 39.0 Å². The van der Waals surface area contributed by atoms with Gasteiger partial charge in [-0.25, -0.2) is 0 Å². The van der Waals surface area contributed by atoms with E-state index < -0.39 is 0 Å². The molecule has 10 rings (SSSR count). The SMILES string of the molecule is N#Cc1ccc(-n2c3ccccc3c3ccccc32)cc1-c1cccc(-c2ccc(-c3c4ccccc4c(-c4ccccc4)c4ccccc34)cc2)c1. The summed E-state index contributed by atoms with van der Waals surface area (Å²) in [6.07, 6.45) is 0. The lowest BCUT2D eigenvalue weighted by Crippen LogP contribution is -1.96. The molecule has 246 valence electrons. The van der Waals surface area contributed by atoms with Crippen molar-refractivity contribution in [3.63, 3.8) is 0 Å². The molecule has 0 N–H and O–H groups in total. The summed E-state index contributed by atoms with van der Waals surface area (Å²) in [4.78, 5) is 0.